The number of fused-ring (bicyclic) bond motifs is 1. The average Bonchev–Trinajstić information content (AvgIpc) is 2.39. The van der Waals surface area contributed by atoms with Crippen molar-refractivity contribution in [2.24, 2.45) is 0 Å². The number of benzene rings is 1. The lowest BCUT2D eigenvalue weighted by Gasteiger charge is -2.12. The van der Waals surface area contributed by atoms with Gasteiger partial charge in [0.15, 0.2) is 11.6 Å². The Kier molecular flexibility index (Phi) is 4.30. The molecule has 1 N–H and O–H groups in total. The summed E-state index contributed by atoms with van der Waals surface area (Å²) in [5.74, 6) is -0.905. The summed E-state index contributed by atoms with van der Waals surface area (Å²) in [6, 6.07) is 4.25. The van der Waals surface area contributed by atoms with Gasteiger partial charge in [0, 0.05) is 18.0 Å². The number of halogens is 2. The quantitative estimate of drug-likeness (QED) is 0.871. The van der Waals surface area contributed by atoms with E-state index in [1.54, 1.807) is 0 Å². The lowest BCUT2D eigenvalue weighted by atomic mass is 10.1. The van der Waals surface area contributed by atoms with Crippen LogP contribution in [0.15, 0.2) is 18.2 Å². The average molecular weight is 264 g/mol. The maximum Gasteiger partial charge on any atom is 0.161 e. The Morgan fingerprint density at radius 1 is 1.05 bits per heavy atom. The van der Waals surface area contributed by atoms with Gasteiger partial charge in [0.1, 0.15) is 5.82 Å². The lowest BCUT2D eigenvalue weighted by molar-refractivity contribution is 0.510. The zero-order valence-corrected chi connectivity index (χ0v) is 11.3. The molecule has 0 aliphatic heterocycles. The molecule has 0 atom stereocenters. The van der Waals surface area contributed by atoms with E-state index in [1.165, 1.54) is 6.07 Å². The number of hydrogen-bond donors (Lipinski definition) is 1. The fourth-order valence-corrected chi connectivity index (χ4v) is 2.07. The largest absolute Gasteiger partial charge is 0.370 e. The predicted molar refractivity (Wildman–Crippen MR) is 74.4 cm³/mol. The number of pyridine rings is 1. The number of nitrogens with one attached hydrogen (secondary N) is 1. The van der Waals surface area contributed by atoms with Gasteiger partial charge in [-0.1, -0.05) is 20.3 Å². The molecule has 1 aromatic heterocycles. The molecular weight excluding hydrogens is 246 g/mol. The van der Waals surface area contributed by atoms with Crippen LogP contribution in [0.25, 0.3) is 10.9 Å². The first-order chi connectivity index (χ1) is 9.15. The molecule has 0 amide bonds. The van der Waals surface area contributed by atoms with E-state index in [9.17, 15) is 8.78 Å². The Labute approximate surface area is 111 Å². The van der Waals surface area contributed by atoms with Gasteiger partial charge < -0.3 is 5.32 Å². The van der Waals surface area contributed by atoms with E-state index in [2.05, 4.69) is 24.1 Å². The molecule has 102 valence electrons. The minimum Gasteiger partial charge on any atom is -0.370 e. The molecule has 1 heterocycles. The van der Waals surface area contributed by atoms with Gasteiger partial charge in [0.05, 0.1) is 5.52 Å². The van der Waals surface area contributed by atoms with Crippen LogP contribution < -0.4 is 5.32 Å². The van der Waals surface area contributed by atoms with E-state index in [1.807, 2.05) is 6.07 Å². The van der Waals surface area contributed by atoms with Gasteiger partial charge in [-0.3, -0.25) is 0 Å². The lowest BCUT2D eigenvalue weighted by Crippen LogP contribution is -2.06. The Hall–Kier alpha value is -1.71. The van der Waals surface area contributed by atoms with Crippen LogP contribution >= 0.6 is 0 Å². The second-order valence-electron chi connectivity index (χ2n) is 4.63. The third-order valence-electron chi connectivity index (χ3n) is 3.00. The molecule has 0 bridgehead atoms. The Morgan fingerprint density at radius 2 is 1.79 bits per heavy atom. The smallest absolute Gasteiger partial charge is 0.161 e. The normalized spacial score (nSPS) is 10.9. The monoisotopic (exact) mass is 264 g/mol. The summed E-state index contributed by atoms with van der Waals surface area (Å²) in [5, 5.41) is 3.89. The Balaban J connectivity index is 2.51. The summed E-state index contributed by atoms with van der Waals surface area (Å²) in [4.78, 5) is 4.42. The molecule has 19 heavy (non-hydrogen) atoms. The van der Waals surface area contributed by atoms with Gasteiger partial charge in [0.2, 0.25) is 0 Å². The van der Waals surface area contributed by atoms with Crippen LogP contribution in [0.5, 0.6) is 0 Å². The standard InChI is InChI=1S/C15H18F2N2/c1-3-5-10-7-11-8-12(16)13(17)9-14(11)19-15(10)18-6-4-2/h7-9H,3-6H2,1-2H3,(H,18,19). The fraction of sp³-hybridized carbons (Fsp3) is 0.400. The van der Waals surface area contributed by atoms with Gasteiger partial charge in [-0.05, 0) is 30.5 Å². The van der Waals surface area contributed by atoms with E-state index in [0.717, 1.165) is 43.3 Å². The molecule has 2 rings (SSSR count). The van der Waals surface area contributed by atoms with Gasteiger partial charge in [-0.25, -0.2) is 13.8 Å². The fourth-order valence-electron chi connectivity index (χ4n) is 2.07. The minimum absolute atomic E-state index is 0.484. The van der Waals surface area contributed by atoms with Crippen LogP contribution in [-0.4, -0.2) is 11.5 Å². The van der Waals surface area contributed by atoms with E-state index >= 15 is 0 Å². The van der Waals surface area contributed by atoms with E-state index in [0.29, 0.717) is 10.9 Å². The molecule has 0 saturated carbocycles. The van der Waals surface area contributed by atoms with Gasteiger partial charge in [-0.15, -0.1) is 0 Å². The number of hydrogen-bond acceptors (Lipinski definition) is 2. The molecule has 0 radical (unpaired) electrons. The molecule has 0 aliphatic rings. The number of aromatic nitrogens is 1. The summed E-state index contributed by atoms with van der Waals surface area (Å²) in [6.45, 7) is 4.97. The van der Waals surface area contributed by atoms with Gasteiger partial charge in [-0.2, -0.15) is 0 Å². The van der Waals surface area contributed by atoms with Crippen LogP contribution in [0.4, 0.5) is 14.6 Å². The molecular formula is C15H18F2N2. The number of anilines is 1. The molecule has 2 nitrogen and oxygen atoms in total. The molecule has 2 aromatic rings. The topological polar surface area (TPSA) is 24.9 Å². The van der Waals surface area contributed by atoms with Crippen molar-refractivity contribution in [1.82, 2.24) is 4.98 Å². The van der Waals surface area contributed by atoms with Crippen molar-refractivity contribution in [3.05, 3.63) is 35.4 Å². The summed E-state index contributed by atoms with van der Waals surface area (Å²) < 4.78 is 26.5. The third kappa shape index (κ3) is 3.00. The second kappa shape index (κ2) is 5.95. The molecule has 0 spiro atoms. The third-order valence-corrected chi connectivity index (χ3v) is 3.00. The van der Waals surface area contributed by atoms with E-state index in [4.69, 9.17) is 0 Å². The van der Waals surface area contributed by atoms with Crippen LogP contribution in [0.3, 0.4) is 0 Å². The minimum atomic E-state index is -0.857. The summed E-state index contributed by atoms with van der Waals surface area (Å²) in [7, 11) is 0. The van der Waals surface area contributed by atoms with Crippen molar-refractivity contribution in [3.63, 3.8) is 0 Å². The van der Waals surface area contributed by atoms with Crippen molar-refractivity contribution >= 4 is 16.7 Å². The van der Waals surface area contributed by atoms with Crippen molar-refractivity contribution < 1.29 is 8.78 Å². The van der Waals surface area contributed by atoms with Crippen molar-refractivity contribution in [1.29, 1.82) is 0 Å². The highest BCUT2D eigenvalue weighted by atomic mass is 19.2. The van der Waals surface area contributed by atoms with Crippen LogP contribution in [-0.2, 0) is 6.42 Å². The maximum atomic E-state index is 13.3. The van der Waals surface area contributed by atoms with Gasteiger partial charge >= 0.3 is 0 Å². The first-order valence-electron chi connectivity index (χ1n) is 6.68. The SMILES string of the molecule is CCCNc1nc2cc(F)c(F)cc2cc1CCC. The van der Waals surface area contributed by atoms with Crippen LogP contribution in [0, 0.1) is 11.6 Å². The summed E-state index contributed by atoms with van der Waals surface area (Å²) in [5.41, 5.74) is 1.53. The highest BCUT2D eigenvalue weighted by molar-refractivity contribution is 5.82. The number of rotatable bonds is 5. The predicted octanol–water partition coefficient (Wildman–Crippen LogP) is 4.29. The zero-order chi connectivity index (χ0) is 13.8. The number of nitrogens with zero attached hydrogens (tertiary/aromatic N) is 1. The maximum absolute atomic E-state index is 13.3. The summed E-state index contributed by atoms with van der Waals surface area (Å²) >= 11 is 0. The number of aryl methyl sites for hydroxylation is 1. The molecule has 0 fully saturated rings. The van der Waals surface area contributed by atoms with Crippen molar-refractivity contribution in [3.8, 4) is 0 Å². The molecule has 0 unspecified atom stereocenters. The Morgan fingerprint density at radius 3 is 2.47 bits per heavy atom. The zero-order valence-electron chi connectivity index (χ0n) is 11.3. The molecule has 0 saturated heterocycles. The first-order valence-corrected chi connectivity index (χ1v) is 6.68. The summed E-state index contributed by atoms with van der Waals surface area (Å²) in [6.07, 6.45) is 2.84. The van der Waals surface area contributed by atoms with Crippen molar-refractivity contribution in [2.75, 3.05) is 11.9 Å². The van der Waals surface area contributed by atoms with E-state index < -0.39 is 11.6 Å². The highest BCUT2D eigenvalue weighted by Crippen LogP contribution is 2.24. The van der Waals surface area contributed by atoms with Crippen LogP contribution in [0.2, 0.25) is 0 Å². The first kappa shape index (κ1) is 13.7. The molecule has 4 heteroatoms. The van der Waals surface area contributed by atoms with Crippen molar-refractivity contribution in [2.45, 2.75) is 33.1 Å². The second-order valence-corrected chi connectivity index (χ2v) is 4.63. The van der Waals surface area contributed by atoms with E-state index in [-0.39, 0.29) is 0 Å². The van der Waals surface area contributed by atoms with Gasteiger partial charge in [0.25, 0.3) is 0 Å². The van der Waals surface area contributed by atoms with Crippen LogP contribution in [0.1, 0.15) is 32.3 Å². The Bertz CT molecular complexity index is 582. The highest BCUT2D eigenvalue weighted by Gasteiger charge is 2.09. The molecule has 0 aliphatic carbocycles. The molecule has 1 aromatic carbocycles.